The van der Waals surface area contributed by atoms with Crippen molar-refractivity contribution < 1.29 is 8.42 Å². The lowest BCUT2D eigenvalue weighted by Gasteiger charge is -2.17. The molecule has 2 aromatic rings. The number of pyridine rings is 1. The van der Waals surface area contributed by atoms with Gasteiger partial charge >= 0.3 is 0 Å². The molecule has 0 aliphatic rings. The first-order valence-corrected chi connectivity index (χ1v) is 9.12. The van der Waals surface area contributed by atoms with Crippen LogP contribution in [0.5, 0.6) is 0 Å². The monoisotopic (exact) mass is 394 g/mol. The second-order valence-corrected chi connectivity index (χ2v) is 8.52. The van der Waals surface area contributed by atoms with E-state index in [-0.39, 0.29) is 10.0 Å². The fourth-order valence-electron chi connectivity index (χ4n) is 1.61. The fraction of sp³-hybridized carbons (Fsp3) is 0.250. The number of hydrogen-bond acceptors (Lipinski definition) is 4. The Morgan fingerprint density at radius 2 is 2.20 bits per heavy atom. The summed E-state index contributed by atoms with van der Waals surface area (Å²) in [5.41, 5.74) is 1.08. The number of aryl methyl sites for hydroxylation is 1. The minimum Gasteiger partial charge on any atom is -0.242 e. The SMILES string of the molecule is Cc1ccsc1CN(C)S(=O)(=O)c1cc(Br)cnc1Cl. The van der Waals surface area contributed by atoms with Gasteiger partial charge in [-0.15, -0.1) is 11.3 Å². The highest BCUT2D eigenvalue weighted by atomic mass is 79.9. The van der Waals surface area contributed by atoms with E-state index >= 15 is 0 Å². The van der Waals surface area contributed by atoms with Gasteiger partial charge in [-0.05, 0) is 45.9 Å². The van der Waals surface area contributed by atoms with Crippen LogP contribution < -0.4 is 0 Å². The number of halogens is 2. The van der Waals surface area contributed by atoms with E-state index in [4.69, 9.17) is 11.6 Å². The maximum Gasteiger partial charge on any atom is 0.246 e. The second-order valence-electron chi connectivity index (χ2n) is 4.23. The molecule has 0 fully saturated rings. The van der Waals surface area contributed by atoms with E-state index in [1.54, 1.807) is 0 Å². The molecule has 0 aliphatic heterocycles. The van der Waals surface area contributed by atoms with E-state index in [1.807, 2.05) is 18.4 Å². The van der Waals surface area contributed by atoms with Gasteiger partial charge in [-0.25, -0.2) is 13.4 Å². The zero-order chi connectivity index (χ0) is 14.9. The molecule has 0 aromatic carbocycles. The molecule has 2 aromatic heterocycles. The van der Waals surface area contributed by atoms with Gasteiger partial charge in [0.1, 0.15) is 10.0 Å². The molecule has 108 valence electrons. The summed E-state index contributed by atoms with van der Waals surface area (Å²) in [6, 6.07) is 3.43. The average molecular weight is 396 g/mol. The summed E-state index contributed by atoms with van der Waals surface area (Å²) < 4.78 is 26.9. The summed E-state index contributed by atoms with van der Waals surface area (Å²) in [6.45, 7) is 2.27. The Balaban J connectivity index is 2.35. The maximum absolute atomic E-state index is 12.5. The molecule has 20 heavy (non-hydrogen) atoms. The van der Waals surface area contributed by atoms with Crippen molar-refractivity contribution in [3.05, 3.63) is 43.8 Å². The Morgan fingerprint density at radius 1 is 1.50 bits per heavy atom. The summed E-state index contributed by atoms with van der Waals surface area (Å²) >= 11 is 10.6. The van der Waals surface area contributed by atoms with Crippen LogP contribution in [0.3, 0.4) is 0 Å². The van der Waals surface area contributed by atoms with E-state index in [0.717, 1.165) is 10.4 Å². The summed E-state index contributed by atoms with van der Waals surface area (Å²) in [5.74, 6) is 0. The van der Waals surface area contributed by atoms with Gasteiger partial charge in [0.25, 0.3) is 0 Å². The molecule has 0 amide bonds. The normalized spacial score (nSPS) is 12.1. The van der Waals surface area contributed by atoms with Gasteiger partial charge in [-0.1, -0.05) is 11.6 Å². The Morgan fingerprint density at radius 3 is 2.80 bits per heavy atom. The van der Waals surface area contributed by atoms with Gasteiger partial charge in [-0.3, -0.25) is 0 Å². The number of thiophene rings is 1. The highest BCUT2D eigenvalue weighted by Crippen LogP contribution is 2.27. The predicted octanol–water partition coefficient (Wildman–Crippen LogP) is 3.69. The zero-order valence-electron chi connectivity index (χ0n) is 10.8. The third-order valence-electron chi connectivity index (χ3n) is 2.80. The van der Waals surface area contributed by atoms with Crippen LogP contribution in [-0.4, -0.2) is 24.8 Å². The molecule has 4 nitrogen and oxygen atoms in total. The minimum absolute atomic E-state index is 0.00486. The van der Waals surface area contributed by atoms with Gasteiger partial charge in [0.05, 0.1) is 0 Å². The van der Waals surface area contributed by atoms with Crippen LogP contribution in [0.2, 0.25) is 5.15 Å². The van der Waals surface area contributed by atoms with Crippen molar-refractivity contribution in [3.8, 4) is 0 Å². The average Bonchev–Trinajstić information content (AvgIpc) is 2.78. The van der Waals surface area contributed by atoms with E-state index in [2.05, 4.69) is 20.9 Å². The van der Waals surface area contributed by atoms with Crippen molar-refractivity contribution >= 4 is 48.9 Å². The highest BCUT2D eigenvalue weighted by Gasteiger charge is 2.25. The Labute approximate surface area is 135 Å². The maximum atomic E-state index is 12.5. The van der Waals surface area contributed by atoms with E-state index in [1.165, 1.54) is 35.0 Å². The lowest BCUT2D eigenvalue weighted by molar-refractivity contribution is 0.469. The summed E-state index contributed by atoms with van der Waals surface area (Å²) in [5, 5.41) is 1.92. The summed E-state index contributed by atoms with van der Waals surface area (Å²) in [4.78, 5) is 4.87. The number of hydrogen-bond donors (Lipinski definition) is 0. The third kappa shape index (κ3) is 3.23. The van der Waals surface area contributed by atoms with Crippen LogP contribution in [0.15, 0.2) is 33.1 Å². The Hall–Kier alpha value is -0.470. The fourth-order valence-corrected chi connectivity index (χ4v) is 4.70. The van der Waals surface area contributed by atoms with E-state index in [9.17, 15) is 8.42 Å². The molecule has 0 unspecified atom stereocenters. The van der Waals surface area contributed by atoms with Crippen molar-refractivity contribution in [2.75, 3.05) is 7.05 Å². The van der Waals surface area contributed by atoms with Crippen LogP contribution in [-0.2, 0) is 16.6 Å². The van der Waals surface area contributed by atoms with Crippen LogP contribution in [0, 0.1) is 6.92 Å². The van der Waals surface area contributed by atoms with E-state index in [0.29, 0.717) is 11.0 Å². The van der Waals surface area contributed by atoms with Gasteiger partial charge in [-0.2, -0.15) is 4.31 Å². The second kappa shape index (κ2) is 6.11. The first-order valence-electron chi connectivity index (χ1n) is 5.62. The largest absolute Gasteiger partial charge is 0.246 e. The minimum atomic E-state index is -3.67. The molecule has 0 radical (unpaired) electrons. The van der Waals surface area contributed by atoms with Crippen molar-refractivity contribution in [1.82, 2.24) is 9.29 Å². The van der Waals surface area contributed by atoms with Gasteiger partial charge in [0, 0.05) is 29.1 Å². The van der Waals surface area contributed by atoms with Crippen molar-refractivity contribution in [3.63, 3.8) is 0 Å². The van der Waals surface area contributed by atoms with Crippen molar-refractivity contribution in [1.29, 1.82) is 0 Å². The smallest absolute Gasteiger partial charge is 0.242 e. The number of nitrogens with zero attached hydrogens (tertiary/aromatic N) is 2. The standard InChI is InChI=1S/C12H12BrClN2O2S2/c1-8-3-4-19-10(8)7-16(2)20(17,18)11-5-9(13)6-15-12(11)14/h3-6H,7H2,1-2H3. The molecular weight excluding hydrogens is 384 g/mol. The van der Waals surface area contributed by atoms with Crippen LogP contribution in [0.25, 0.3) is 0 Å². The molecule has 0 atom stereocenters. The van der Waals surface area contributed by atoms with Crippen LogP contribution >= 0.6 is 38.9 Å². The topological polar surface area (TPSA) is 50.3 Å². The molecule has 0 bridgehead atoms. The van der Waals surface area contributed by atoms with Crippen LogP contribution in [0.4, 0.5) is 0 Å². The molecule has 0 saturated carbocycles. The predicted molar refractivity (Wildman–Crippen MR) is 84.7 cm³/mol. The molecule has 0 saturated heterocycles. The number of rotatable bonds is 4. The highest BCUT2D eigenvalue weighted by molar-refractivity contribution is 9.10. The van der Waals surface area contributed by atoms with Gasteiger partial charge in [0.2, 0.25) is 10.0 Å². The molecule has 0 spiro atoms. The molecule has 0 aliphatic carbocycles. The summed E-state index contributed by atoms with van der Waals surface area (Å²) in [6.07, 6.45) is 1.46. The van der Waals surface area contributed by atoms with Crippen molar-refractivity contribution in [2.45, 2.75) is 18.4 Å². The first-order chi connectivity index (χ1) is 9.32. The van der Waals surface area contributed by atoms with Crippen molar-refractivity contribution in [2.24, 2.45) is 0 Å². The number of aromatic nitrogens is 1. The zero-order valence-corrected chi connectivity index (χ0v) is 14.8. The Kier molecular flexibility index (Phi) is 4.86. The number of sulfonamides is 1. The molecule has 0 N–H and O–H groups in total. The molecule has 2 heterocycles. The van der Waals surface area contributed by atoms with E-state index < -0.39 is 10.0 Å². The van der Waals surface area contributed by atoms with Gasteiger partial charge in [0.15, 0.2) is 0 Å². The lowest BCUT2D eigenvalue weighted by Crippen LogP contribution is -2.26. The lowest BCUT2D eigenvalue weighted by atomic mass is 10.3. The Bertz CT molecular complexity index is 731. The van der Waals surface area contributed by atoms with Crippen LogP contribution in [0.1, 0.15) is 10.4 Å². The summed E-state index contributed by atoms with van der Waals surface area (Å²) in [7, 11) is -2.14. The quantitative estimate of drug-likeness (QED) is 0.742. The third-order valence-corrected chi connectivity index (χ3v) is 6.47. The van der Waals surface area contributed by atoms with Gasteiger partial charge < -0.3 is 0 Å². The molecular formula is C12H12BrClN2O2S2. The first kappa shape index (κ1) is 15.9. The molecule has 2 rings (SSSR count). The molecule has 8 heteroatoms.